The molecular weight excluding hydrogens is 367 g/mol. The highest BCUT2D eigenvalue weighted by molar-refractivity contribution is 7.99. The Morgan fingerprint density at radius 2 is 2.00 bits per heavy atom. The van der Waals surface area contributed by atoms with Gasteiger partial charge in [-0.3, -0.25) is 4.79 Å². The molecule has 1 atom stereocenters. The number of rotatable bonds is 4. The van der Waals surface area contributed by atoms with Gasteiger partial charge in [0.2, 0.25) is 5.91 Å². The Labute approximate surface area is 159 Å². The molecule has 0 bridgehead atoms. The van der Waals surface area contributed by atoms with Crippen molar-refractivity contribution < 1.29 is 9.18 Å². The zero-order valence-corrected chi connectivity index (χ0v) is 15.6. The highest BCUT2D eigenvalue weighted by Crippen LogP contribution is 2.35. The number of aromatic nitrogens is 1. The molecule has 4 rings (SSSR count). The van der Waals surface area contributed by atoms with Crippen molar-refractivity contribution >= 4 is 29.0 Å². The van der Waals surface area contributed by atoms with E-state index >= 15 is 0 Å². The predicted molar refractivity (Wildman–Crippen MR) is 104 cm³/mol. The van der Waals surface area contributed by atoms with Crippen LogP contribution in [0.2, 0.25) is 0 Å². The number of hydrogen-bond acceptors (Lipinski definition) is 4. The Hall–Kier alpha value is -2.18. The van der Waals surface area contributed by atoms with Crippen LogP contribution in [0.5, 0.6) is 0 Å². The maximum atomic E-state index is 13.0. The smallest absolute Gasteiger partial charge is 0.226 e. The standard InChI is InChI=1S/C20H17FN2OS2/c21-14-7-5-13(6-8-14)20-22-15(12-26-20)11-19(24)23-17-9-10-25-18-4-2-1-3-16(17)18/h1-8,12,17H,9-11H2,(H,23,24). The van der Waals surface area contributed by atoms with Gasteiger partial charge in [-0.2, -0.15) is 0 Å². The largest absolute Gasteiger partial charge is 0.349 e. The van der Waals surface area contributed by atoms with Crippen molar-refractivity contribution in [3.63, 3.8) is 0 Å². The molecule has 2 heterocycles. The number of hydrogen-bond donors (Lipinski definition) is 1. The van der Waals surface area contributed by atoms with E-state index in [1.165, 1.54) is 33.9 Å². The summed E-state index contributed by atoms with van der Waals surface area (Å²) < 4.78 is 13.0. The van der Waals surface area contributed by atoms with E-state index < -0.39 is 0 Å². The molecular formula is C20H17FN2OS2. The molecule has 0 radical (unpaired) electrons. The topological polar surface area (TPSA) is 42.0 Å². The SMILES string of the molecule is O=C(Cc1csc(-c2ccc(F)cc2)n1)NC1CCSc2ccccc21. The van der Waals surface area contributed by atoms with Crippen LogP contribution in [-0.2, 0) is 11.2 Å². The van der Waals surface area contributed by atoms with Crippen LogP contribution in [-0.4, -0.2) is 16.6 Å². The lowest BCUT2D eigenvalue weighted by molar-refractivity contribution is -0.121. The van der Waals surface area contributed by atoms with Gasteiger partial charge in [-0.25, -0.2) is 9.37 Å². The van der Waals surface area contributed by atoms with Gasteiger partial charge in [0.15, 0.2) is 0 Å². The van der Waals surface area contributed by atoms with E-state index in [-0.39, 0.29) is 24.2 Å². The first kappa shape index (κ1) is 17.2. The molecule has 0 saturated heterocycles. The molecule has 3 aromatic rings. The van der Waals surface area contributed by atoms with Crippen LogP contribution in [0.3, 0.4) is 0 Å². The number of carbonyl (C=O) groups is 1. The first-order valence-electron chi connectivity index (χ1n) is 8.40. The van der Waals surface area contributed by atoms with E-state index in [0.29, 0.717) is 0 Å². The summed E-state index contributed by atoms with van der Waals surface area (Å²) in [6, 6.07) is 14.5. The van der Waals surface area contributed by atoms with Gasteiger partial charge in [-0.1, -0.05) is 18.2 Å². The van der Waals surface area contributed by atoms with E-state index in [1.807, 2.05) is 29.3 Å². The summed E-state index contributed by atoms with van der Waals surface area (Å²) >= 11 is 3.31. The number of thiazole rings is 1. The van der Waals surface area contributed by atoms with Gasteiger partial charge >= 0.3 is 0 Å². The molecule has 3 nitrogen and oxygen atoms in total. The minimum absolute atomic E-state index is 0.0207. The van der Waals surface area contributed by atoms with Crippen molar-refractivity contribution in [2.45, 2.75) is 23.8 Å². The second kappa shape index (κ2) is 7.60. The molecule has 0 fully saturated rings. The number of nitrogens with zero attached hydrogens (tertiary/aromatic N) is 1. The molecule has 1 amide bonds. The Morgan fingerprint density at radius 1 is 1.19 bits per heavy atom. The van der Waals surface area contributed by atoms with Crippen molar-refractivity contribution in [2.24, 2.45) is 0 Å². The lowest BCUT2D eigenvalue weighted by Gasteiger charge is -2.25. The zero-order valence-electron chi connectivity index (χ0n) is 13.9. The molecule has 132 valence electrons. The van der Waals surface area contributed by atoms with Crippen molar-refractivity contribution in [3.8, 4) is 10.6 Å². The van der Waals surface area contributed by atoms with Gasteiger partial charge in [0.25, 0.3) is 0 Å². The van der Waals surface area contributed by atoms with Crippen LogP contribution in [0, 0.1) is 5.82 Å². The Bertz CT molecular complexity index is 924. The lowest BCUT2D eigenvalue weighted by Crippen LogP contribution is -2.31. The summed E-state index contributed by atoms with van der Waals surface area (Å²) in [6.45, 7) is 0. The molecule has 6 heteroatoms. The molecule has 2 aromatic carbocycles. The molecule has 1 aliphatic heterocycles. The summed E-state index contributed by atoms with van der Waals surface area (Å²) in [6.07, 6.45) is 1.19. The fourth-order valence-corrected chi connectivity index (χ4v) is 4.97. The average molecular weight is 385 g/mol. The molecule has 26 heavy (non-hydrogen) atoms. The molecule has 1 aliphatic rings. The number of carbonyl (C=O) groups excluding carboxylic acids is 1. The van der Waals surface area contributed by atoms with E-state index in [2.05, 4.69) is 22.4 Å². The molecule has 1 unspecified atom stereocenters. The van der Waals surface area contributed by atoms with Gasteiger partial charge < -0.3 is 5.32 Å². The van der Waals surface area contributed by atoms with Crippen LogP contribution in [0.1, 0.15) is 23.7 Å². The van der Waals surface area contributed by atoms with Crippen molar-refractivity contribution in [2.75, 3.05) is 5.75 Å². The third-order valence-corrected chi connectivity index (χ3v) is 6.34. The Morgan fingerprint density at radius 3 is 2.85 bits per heavy atom. The molecule has 1 N–H and O–H groups in total. The minimum atomic E-state index is -0.268. The van der Waals surface area contributed by atoms with Crippen molar-refractivity contribution in [1.82, 2.24) is 10.3 Å². The van der Waals surface area contributed by atoms with Crippen LogP contribution in [0.25, 0.3) is 10.6 Å². The second-order valence-electron chi connectivity index (χ2n) is 6.12. The number of nitrogens with one attached hydrogen (secondary N) is 1. The summed E-state index contributed by atoms with van der Waals surface area (Å²) in [5, 5.41) is 5.83. The van der Waals surface area contributed by atoms with E-state index in [0.717, 1.165) is 28.4 Å². The van der Waals surface area contributed by atoms with Crippen molar-refractivity contribution in [1.29, 1.82) is 0 Å². The van der Waals surface area contributed by atoms with Gasteiger partial charge in [0.05, 0.1) is 18.2 Å². The third kappa shape index (κ3) is 3.81. The number of fused-ring (bicyclic) bond motifs is 1. The Balaban J connectivity index is 1.42. The summed E-state index contributed by atoms with van der Waals surface area (Å²) in [4.78, 5) is 18.2. The predicted octanol–water partition coefficient (Wildman–Crippen LogP) is 4.85. The number of benzene rings is 2. The molecule has 1 aromatic heterocycles. The maximum Gasteiger partial charge on any atom is 0.226 e. The molecule has 0 saturated carbocycles. The van der Waals surface area contributed by atoms with Crippen molar-refractivity contribution in [3.05, 3.63) is 71.0 Å². The average Bonchev–Trinajstić information content (AvgIpc) is 3.11. The number of thioether (sulfide) groups is 1. The van der Waals surface area contributed by atoms with Crippen LogP contribution in [0.4, 0.5) is 4.39 Å². The van der Waals surface area contributed by atoms with Gasteiger partial charge in [-0.15, -0.1) is 23.1 Å². The quantitative estimate of drug-likeness (QED) is 0.699. The first-order chi connectivity index (χ1) is 12.7. The number of amides is 1. The van der Waals surface area contributed by atoms with Crippen LogP contribution >= 0.6 is 23.1 Å². The lowest BCUT2D eigenvalue weighted by atomic mass is 10.0. The summed E-state index contributed by atoms with van der Waals surface area (Å²) in [5.74, 6) is 0.719. The van der Waals surface area contributed by atoms with Crippen LogP contribution in [0.15, 0.2) is 58.8 Å². The molecule has 0 aliphatic carbocycles. The monoisotopic (exact) mass is 384 g/mol. The van der Waals surface area contributed by atoms with E-state index in [1.54, 1.807) is 12.1 Å². The Kier molecular flexibility index (Phi) is 5.04. The van der Waals surface area contributed by atoms with Crippen LogP contribution < -0.4 is 5.32 Å². The fraction of sp³-hybridized carbons (Fsp3) is 0.200. The maximum absolute atomic E-state index is 13.0. The highest BCUT2D eigenvalue weighted by Gasteiger charge is 2.22. The number of halogens is 1. The minimum Gasteiger partial charge on any atom is -0.349 e. The van der Waals surface area contributed by atoms with Gasteiger partial charge in [-0.05, 0) is 42.3 Å². The second-order valence-corrected chi connectivity index (χ2v) is 8.12. The normalized spacial score (nSPS) is 16.1. The van der Waals surface area contributed by atoms with E-state index in [9.17, 15) is 9.18 Å². The van der Waals surface area contributed by atoms with Gasteiger partial charge in [0.1, 0.15) is 10.8 Å². The fourth-order valence-electron chi connectivity index (χ4n) is 3.02. The summed E-state index contributed by atoms with van der Waals surface area (Å²) in [7, 11) is 0. The summed E-state index contributed by atoms with van der Waals surface area (Å²) in [5.41, 5.74) is 2.80. The zero-order chi connectivity index (χ0) is 17.9. The third-order valence-electron chi connectivity index (χ3n) is 4.28. The highest BCUT2D eigenvalue weighted by atomic mass is 32.2. The molecule has 0 spiro atoms. The first-order valence-corrected chi connectivity index (χ1v) is 10.3. The van der Waals surface area contributed by atoms with Gasteiger partial charge in [0, 0.05) is 21.6 Å². The van der Waals surface area contributed by atoms with E-state index in [4.69, 9.17) is 0 Å².